The summed E-state index contributed by atoms with van der Waals surface area (Å²) >= 11 is 0. The van der Waals surface area contributed by atoms with Gasteiger partial charge < -0.3 is 10.1 Å². The van der Waals surface area contributed by atoms with Crippen molar-refractivity contribution in [3.8, 4) is 5.75 Å². The van der Waals surface area contributed by atoms with Gasteiger partial charge in [-0.3, -0.25) is 0 Å². The van der Waals surface area contributed by atoms with E-state index in [1.54, 1.807) is 0 Å². The van der Waals surface area contributed by atoms with Gasteiger partial charge in [-0.2, -0.15) is 0 Å². The highest BCUT2D eigenvalue weighted by Gasteiger charge is 2.00. The normalized spacial score (nSPS) is 10.5. The van der Waals surface area contributed by atoms with Crippen LogP contribution < -0.4 is 10.1 Å². The van der Waals surface area contributed by atoms with E-state index < -0.39 is 0 Å². The van der Waals surface area contributed by atoms with Gasteiger partial charge in [-0.25, -0.2) is 9.97 Å². The van der Waals surface area contributed by atoms with E-state index in [1.165, 1.54) is 0 Å². The standard InChI is InChI=1S/C17H17N3O/c1-2-21-15-8-5-6-13(10-15)11-18-17-19-12-14-7-3-4-9-16(14)20-17/h3-10,12H,2,11H2,1H3,(H,18,19,20). The third-order valence-electron chi connectivity index (χ3n) is 3.15. The lowest BCUT2D eigenvalue weighted by atomic mass is 10.2. The summed E-state index contributed by atoms with van der Waals surface area (Å²) in [7, 11) is 0. The quantitative estimate of drug-likeness (QED) is 0.774. The molecule has 1 heterocycles. The molecule has 1 N–H and O–H groups in total. The summed E-state index contributed by atoms with van der Waals surface area (Å²) in [6.07, 6.45) is 1.83. The van der Waals surface area contributed by atoms with E-state index in [0.717, 1.165) is 22.2 Å². The molecule has 2 aromatic carbocycles. The van der Waals surface area contributed by atoms with E-state index in [4.69, 9.17) is 4.74 Å². The van der Waals surface area contributed by atoms with Crippen molar-refractivity contribution in [2.24, 2.45) is 0 Å². The van der Waals surface area contributed by atoms with Gasteiger partial charge in [-0.1, -0.05) is 30.3 Å². The first-order valence-electron chi connectivity index (χ1n) is 7.02. The maximum atomic E-state index is 5.50. The zero-order chi connectivity index (χ0) is 14.5. The van der Waals surface area contributed by atoms with Crippen LogP contribution in [0.15, 0.2) is 54.7 Å². The van der Waals surface area contributed by atoms with Crippen LogP contribution in [-0.4, -0.2) is 16.6 Å². The molecule has 4 heteroatoms. The minimum Gasteiger partial charge on any atom is -0.494 e. The van der Waals surface area contributed by atoms with Crippen molar-refractivity contribution in [2.75, 3.05) is 11.9 Å². The fraction of sp³-hybridized carbons (Fsp3) is 0.176. The summed E-state index contributed by atoms with van der Waals surface area (Å²) in [4.78, 5) is 8.82. The van der Waals surface area contributed by atoms with Crippen LogP contribution in [0, 0.1) is 0 Å². The molecular weight excluding hydrogens is 262 g/mol. The van der Waals surface area contributed by atoms with E-state index in [9.17, 15) is 0 Å². The van der Waals surface area contributed by atoms with Crippen LogP contribution in [0.2, 0.25) is 0 Å². The summed E-state index contributed by atoms with van der Waals surface area (Å²) in [5.74, 6) is 1.52. The van der Waals surface area contributed by atoms with Crippen molar-refractivity contribution in [1.29, 1.82) is 0 Å². The molecule has 3 aromatic rings. The van der Waals surface area contributed by atoms with Crippen LogP contribution in [0.3, 0.4) is 0 Å². The Labute approximate surface area is 123 Å². The molecule has 1 aromatic heterocycles. The Morgan fingerprint density at radius 2 is 2.00 bits per heavy atom. The Morgan fingerprint density at radius 1 is 1.10 bits per heavy atom. The first-order valence-corrected chi connectivity index (χ1v) is 7.02. The first-order chi connectivity index (χ1) is 10.3. The van der Waals surface area contributed by atoms with Gasteiger partial charge in [0, 0.05) is 18.1 Å². The Kier molecular flexibility index (Phi) is 3.96. The number of hydrogen-bond acceptors (Lipinski definition) is 4. The van der Waals surface area contributed by atoms with Gasteiger partial charge in [0.2, 0.25) is 5.95 Å². The molecule has 106 valence electrons. The van der Waals surface area contributed by atoms with Crippen LogP contribution >= 0.6 is 0 Å². The highest BCUT2D eigenvalue weighted by Crippen LogP contribution is 2.15. The first kappa shape index (κ1) is 13.4. The molecule has 0 aliphatic rings. The topological polar surface area (TPSA) is 47.0 Å². The average molecular weight is 279 g/mol. The summed E-state index contributed by atoms with van der Waals surface area (Å²) in [5.41, 5.74) is 2.08. The molecular formula is C17H17N3O. The lowest BCUT2D eigenvalue weighted by Crippen LogP contribution is -2.03. The zero-order valence-corrected chi connectivity index (χ0v) is 11.9. The molecule has 0 saturated heterocycles. The zero-order valence-electron chi connectivity index (χ0n) is 11.9. The summed E-state index contributed by atoms with van der Waals surface area (Å²) in [5, 5.41) is 4.29. The number of hydrogen-bond donors (Lipinski definition) is 1. The van der Waals surface area contributed by atoms with Crippen LogP contribution in [0.5, 0.6) is 5.75 Å². The lowest BCUT2D eigenvalue weighted by Gasteiger charge is -2.08. The Balaban J connectivity index is 1.72. The Morgan fingerprint density at radius 3 is 2.90 bits per heavy atom. The number of nitrogens with zero attached hydrogens (tertiary/aromatic N) is 2. The molecule has 0 unspecified atom stereocenters. The van der Waals surface area contributed by atoms with Crippen LogP contribution in [0.1, 0.15) is 12.5 Å². The number of aromatic nitrogens is 2. The third kappa shape index (κ3) is 3.28. The molecule has 0 amide bonds. The van der Waals surface area contributed by atoms with Gasteiger partial charge in [0.15, 0.2) is 0 Å². The minimum absolute atomic E-state index is 0.635. The van der Waals surface area contributed by atoms with Crippen molar-refractivity contribution in [2.45, 2.75) is 13.5 Å². The number of nitrogens with one attached hydrogen (secondary N) is 1. The molecule has 0 atom stereocenters. The van der Waals surface area contributed by atoms with Crippen molar-refractivity contribution in [3.63, 3.8) is 0 Å². The fourth-order valence-electron chi connectivity index (χ4n) is 2.15. The smallest absolute Gasteiger partial charge is 0.223 e. The minimum atomic E-state index is 0.635. The number of fused-ring (bicyclic) bond motifs is 1. The monoisotopic (exact) mass is 279 g/mol. The lowest BCUT2D eigenvalue weighted by molar-refractivity contribution is 0.340. The molecule has 0 aliphatic heterocycles. The van der Waals surface area contributed by atoms with Crippen LogP contribution in [0.4, 0.5) is 5.95 Å². The van der Waals surface area contributed by atoms with Gasteiger partial charge >= 0.3 is 0 Å². The number of anilines is 1. The molecule has 0 saturated carbocycles. The second kappa shape index (κ2) is 6.22. The summed E-state index contributed by atoms with van der Waals surface area (Å²) < 4.78 is 5.50. The van der Waals surface area contributed by atoms with Gasteiger partial charge in [0.05, 0.1) is 12.1 Å². The molecule has 0 radical (unpaired) electrons. The molecule has 3 rings (SSSR count). The number of benzene rings is 2. The van der Waals surface area contributed by atoms with Crippen molar-refractivity contribution in [3.05, 3.63) is 60.3 Å². The van der Waals surface area contributed by atoms with E-state index in [1.807, 2.05) is 55.6 Å². The van der Waals surface area contributed by atoms with Crippen molar-refractivity contribution >= 4 is 16.9 Å². The SMILES string of the molecule is CCOc1cccc(CNc2ncc3ccccc3n2)c1. The predicted molar refractivity (Wildman–Crippen MR) is 84.5 cm³/mol. The second-order valence-electron chi connectivity index (χ2n) is 4.69. The maximum Gasteiger partial charge on any atom is 0.223 e. The van der Waals surface area contributed by atoms with Gasteiger partial charge in [-0.15, -0.1) is 0 Å². The molecule has 0 aliphatic carbocycles. The Hall–Kier alpha value is -2.62. The molecule has 21 heavy (non-hydrogen) atoms. The predicted octanol–water partition coefficient (Wildman–Crippen LogP) is 3.64. The Bertz CT molecular complexity index is 743. The van der Waals surface area contributed by atoms with Gasteiger partial charge in [0.1, 0.15) is 5.75 Å². The van der Waals surface area contributed by atoms with Crippen LogP contribution in [0.25, 0.3) is 10.9 Å². The number of ether oxygens (including phenoxy) is 1. The highest BCUT2D eigenvalue weighted by molar-refractivity contribution is 5.78. The van der Waals surface area contributed by atoms with Crippen molar-refractivity contribution in [1.82, 2.24) is 9.97 Å². The van der Waals surface area contributed by atoms with E-state index >= 15 is 0 Å². The van der Waals surface area contributed by atoms with Crippen LogP contribution in [-0.2, 0) is 6.54 Å². The summed E-state index contributed by atoms with van der Waals surface area (Å²) in [6, 6.07) is 16.0. The fourth-order valence-corrected chi connectivity index (χ4v) is 2.15. The highest BCUT2D eigenvalue weighted by atomic mass is 16.5. The average Bonchev–Trinajstić information content (AvgIpc) is 2.53. The van der Waals surface area contributed by atoms with E-state index in [2.05, 4.69) is 21.4 Å². The largest absolute Gasteiger partial charge is 0.494 e. The van der Waals surface area contributed by atoms with Gasteiger partial charge in [0.25, 0.3) is 0 Å². The second-order valence-corrected chi connectivity index (χ2v) is 4.69. The molecule has 4 nitrogen and oxygen atoms in total. The number of para-hydroxylation sites is 1. The molecule has 0 fully saturated rings. The third-order valence-corrected chi connectivity index (χ3v) is 3.15. The van der Waals surface area contributed by atoms with Crippen molar-refractivity contribution < 1.29 is 4.74 Å². The number of rotatable bonds is 5. The van der Waals surface area contributed by atoms with E-state index in [0.29, 0.717) is 19.1 Å². The maximum absolute atomic E-state index is 5.50. The van der Waals surface area contributed by atoms with Gasteiger partial charge in [-0.05, 0) is 30.7 Å². The molecule has 0 bridgehead atoms. The summed E-state index contributed by atoms with van der Waals surface area (Å²) in [6.45, 7) is 3.32. The van der Waals surface area contributed by atoms with E-state index in [-0.39, 0.29) is 0 Å². The molecule has 0 spiro atoms.